The second-order valence-corrected chi connectivity index (χ2v) is 8.96. The van der Waals surface area contributed by atoms with Crippen LogP contribution in [0, 0.1) is 23.4 Å². The van der Waals surface area contributed by atoms with Gasteiger partial charge >= 0.3 is 0 Å². The highest BCUT2D eigenvalue weighted by Gasteiger charge is 2.32. The number of nitrogens with zero attached hydrogens (tertiary/aromatic N) is 1. The highest BCUT2D eigenvalue weighted by atomic mass is 19.1. The first-order valence-corrected chi connectivity index (χ1v) is 11.7. The topological polar surface area (TPSA) is 91.7 Å². The van der Waals surface area contributed by atoms with Crippen LogP contribution in [-0.2, 0) is 4.79 Å². The zero-order valence-electron chi connectivity index (χ0n) is 19.6. The van der Waals surface area contributed by atoms with Crippen LogP contribution in [-0.4, -0.2) is 40.4 Å². The van der Waals surface area contributed by atoms with Crippen LogP contribution in [0.25, 0.3) is 17.0 Å². The van der Waals surface area contributed by atoms with E-state index in [0.29, 0.717) is 36.6 Å². The third-order valence-electron chi connectivity index (χ3n) is 6.66. The molecule has 0 radical (unpaired) electrons. The molecule has 6 nitrogen and oxygen atoms in total. The summed E-state index contributed by atoms with van der Waals surface area (Å²) in [6, 6.07) is 7.19. The standard InChI is InChI=1S/C27H27F3N2O4/c1-36-19-13-21-20(10-11-31-25(21)23(30)14-19)27(35)26(34)15-2-6-18(7-3-15)32-24(33)9-4-16-12-17(28)5-8-22(16)29/h4-5,8-15,18,26-27,34-35H,2-3,6-7H2,1H3,(H,32,33)/b9-4+/t15-,18-,26-,27-/m1/s1. The summed E-state index contributed by atoms with van der Waals surface area (Å²) >= 11 is 0. The molecule has 1 aliphatic rings. The first kappa shape index (κ1) is 25.7. The summed E-state index contributed by atoms with van der Waals surface area (Å²) < 4.78 is 46.5. The molecule has 190 valence electrons. The second-order valence-electron chi connectivity index (χ2n) is 8.96. The molecule has 1 saturated carbocycles. The summed E-state index contributed by atoms with van der Waals surface area (Å²) in [5.74, 6) is -2.19. The number of halogens is 3. The number of amides is 1. The van der Waals surface area contributed by atoms with Gasteiger partial charge in [0, 0.05) is 35.3 Å². The van der Waals surface area contributed by atoms with Crippen LogP contribution in [0.4, 0.5) is 13.2 Å². The van der Waals surface area contributed by atoms with Crippen LogP contribution in [0.2, 0.25) is 0 Å². The average molecular weight is 501 g/mol. The molecule has 1 fully saturated rings. The minimum atomic E-state index is -1.26. The van der Waals surface area contributed by atoms with Crippen molar-refractivity contribution in [3.63, 3.8) is 0 Å². The Kier molecular flexibility index (Phi) is 7.91. The van der Waals surface area contributed by atoms with E-state index in [4.69, 9.17) is 4.74 Å². The maximum absolute atomic E-state index is 14.4. The number of pyridine rings is 1. The smallest absolute Gasteiger partial charge is 0.244 e. The highest BCUT2D eigenvalue weighted by molar-refractivity contribution is 5.92. The maximum Gasteiger partial charge on any atom is 0.244 e. The Bertz CT molecular complexity index is 1280. The molecule has 1 aromatic heterocycles. The van der Waals surface area contributed by atoms with Gasteiger partial charge in [-0.15, -0.1) is 0 Å². The van der Waals surface area contributed by atoms with Crippen LogP contribution in [0.15, 0.2) is 48.7 Å². The molecule has 1 amide bonds. The van der Waals surface area contributed by atoms with E-state index in [0.717, 1.165) is 24.3 Å². The summed E-state index contributed by atoms with van der Waals surface area (Å²) in [7, 11) is 1.41. The van der Waals surface area contributed by atoms with E-state index in [1.807, 2.05) is 0 Å². The van der Waals surface area contributed by atoms with Crippen molar-refractivity contribution in [1.29, 1.82) is 0 Å². The van der Waals surface area contributed by atoms with E-state index in [2.05, 4.69) is 10.3 Å². The van der Waals surface area contributed by atoms with E-state index < -0.39 is 35.6 Å². The normalized spacial score (nSPS) is 19.8. The Hall–Kier alpha value is -3.43. The number of aromatic nitrogens is 1. The van der Waals surface area contributed by atoms with E-state index in [1.54, 1.807) is 12.1 Å². The van der Waals surface area contributed by atoms with Gasteiger partial charge in [0.05, 0.1) is 13.2 Å². The van der Waals surface area contributed by atoms with Crippen molar-refractivity contribution < 1.29 is 32.9 Å². The maximum atomic E-state index is 14.4. The van der Waals surface area contributed by atoms with Gasteiger partial charge in [-0.3, -0.25) is 9.78 Å². The van der Waals surface area contributed by atoms with Crippen molar-refractivity contribution in [2.75, 3.05) is 7.11 Å². The Morgan fingerprint density at radius 2 is 1.83 bits per heavy atom. The number of fused-ring (bicyclic) bond motifs is 1. The molecule has 2 aromatic carbocycles. The average Bonchev–Trinajstić information content (AvgIpc) is 2.88. The summed E-state index contributed by atoms with van der Waals surface area (Å²) in [5, 5.41) is 25.1. The third-order valence-corrected chi connectivity index (χ3v) is 6.66. The van der Waals surface area contributed by atoms with Crippen LogP contribution in [0.1, 0.15) is 42.9 Å². The Balaban J connectivity index is 1.37. The predicted octanol–water partition coefficient (Wildman–Crippen LogP) is 4.44. The van der Waals surface area contributed by atoms with Crippen molar-refractivity contribution in [2.45, 2.75) is 43.9 Å². The molecule has 2 atom stereocenters. The molecule has 0 bridgehead atoms. The molecule has 0 spiro atoms. The predicted molar refractivity (Wildman–Crippen MR) is 129 cm³/mol. The van der Waals surface area contributed by atoms with Crippen molar-refractivity contribution in [1.82, 2.24) is 10.3 Å². The van der Waals surface area contributed by atoms with Gasteiger partial charge in [-0.05, 0) is 73.6 Å². The number of ether oxygens (including phenoxy) is 1. The Morgan fingerprint density at radius 1 is 1.08 bits per heavy atom. The van der Waals surface area contributed by atoms with Crippen molar-refractivity contribution >= 4 is 22.9 Å². The number of benzene rings is 2. The summed E-state index contributed by atoms with van der Waals surface area (Å²) in [6.07, 6.45) is 3.64. The van der Waals surface area contributed by atoms with Gasteiger partial charge < -0.3 is 20.3 Å². The van der Waals surface area contributed by atoms with Crippen molar-refractivity contribution in [3.05, 3.63) is 77.2 Å². The quantitative estimate of drug-likeness (QED) is 0.417. The number of aliphatic hydroxyl groups excluding tert-OH is 2. The van der Waals surface area contributed by atoms with Gasteiger partial charge in [0.2, 0.25) is 5.91 Å². The molecule has 0 aliphatic heterocycles. The first-order chi connectivity index (χ1) is 17.3. The number of nitrogens with one attached hydrogen (secondary N) is 1. The van der Waals surface area contributed by atoms with Crippen LogP contribution in [0.5, 0.6) is 5.75 Å². The lowest BCUT2D eigenvalue weighted by atomic mass is 9.79. The molecule has 1 aliphatic carbocycles. The zero-order chi connectivity index (χ0) is 25.8. The fraction of sp³-hybridized carbons (Fsp3) is 0.333. The minimum absolute atomic E-state index is 0.0212. The zero-order valence-corrected chi connectivity index (χ0v) is 19.6. The first-order valence-electron chi connectivity index (χ1n) is 11.7. The molecular weight excluding hydrogens is 473 g/mol. The van der Waals surface area contributed by atoms with E-state index in [-0.39, 0.29) is 28.8 Å². The van der Waals surface area contributed by atoms with E-state index in [1.165, 1.54) is 25.4 Å². The van der Waals surface area contributed by atoms with E-state index >= 15 is 0 Å². The van der Waals surface area contributed by atoms with E-state index in [9.17, 15) is 28.2 Å². The number of hydrogen-bond acceptors (Lipinski definition) is 5. The second kappa shape index (κ2) is 11.1. The van der Waals surface area contributed by atoms with Crippen LogP contribution in [0.3, 0.4) is 0 Å². The number of aliphatic hydroxyl groups is 2. The molecule has 1 heterocycles. The SMILES string of the molecule is COc1cc(F)c2nccc([C@@H](O)[C@H](O)[C@H]3CC[C@H](NC(=O)/C=C/c4cc(F)ccc4F)CC3)c2c1. The fourth-order valence-electron chi connectivity index (χ4n) is 4.69. The van der Waals surface area contributed by atoms with Crippen molar-refractivity contribution in [2.24, 2.45) is 5.92 Å². The number of rotatable bonds is 7. The van der Waals surface area contributed by atoms with Crippen LogP contribution < -0.4 is 10.1 Å². The van der Waals surface area contributed by atoms with Gasteiger partial charge in [-0.25, -0.2) is 13.2 Å². The Morgan fingerprint density at radius 3 is 2.56 bits per heavy atom. The van der Waals surface area contributed by atoms with Crippen molar-refractivity contribution in [3.8, 4) is 5.75 Å². The molecule has 3 aromatic rings. The molecule has 9 heteroatoms. The lowest BCUT2D eigenvalue weighted by molar-refractivity contribution is -0.117. The molecule has 3 N–H and O–H groups in total. The highest BCUT2D eigenvalue weighted by Crippen LogP contribution is 2.36. The molecular formula is C27H27F3N2O4. The molecule has 0 saturated heterocycles. The molecule has 0 unspecified atom stereocenters. The lowest BCUT2D eigenvalue weighted by Gasteiger charge is -2.34. The van der Waals surface area contributed by atoms with Gasteiger partial charge in [0.1, 0.15) is 29.0 Å². The largest absolute Gasteiger partial charge is 0.497 e. The number of hydrogen-bond donors (Lipinski definition) is 3. The summed E-state index contributed by atoms with van der Waals surface area (Å²) in [4.78, 5) is 16.3. The number of methoxy groups -OCH3 is 1. The monoisotopic (exact) mass is 500 g/mol. The molecule has 36 heavy (non-hydrogen) atoms. The number of carbonyl (C=O) groups excluding carboxylic acids is 1. The lowest BCUT2D eigenvalue weighted by Crippen LogP contribution is -2.39. The summed E-state index contributed by atoms with van der Waals surface area (Å²) in [5.41, 5.74) is 0.416. The molecule has 4 rings (SSSR count). The van der Waals surface area contributed by atoms with Gasteiger partial charge in [0.15, 0.2) is 5.82 Å². The summed E-state index contributed by atoms with van der Waals surface area (Å²) in [6.45, 7) is 0. The van der Waals surface area contributed by atoms with Crippen LogP contribution >= 0.6 is 0 Å². The number of carbonyl (C=O) groups is 1. The third kappa shape index (κ3) is 5.68. The van der Waals surface area contributed by atoms with Gasteiger partial charge in [0.25, 0.3) is 0 Å². The van der Waals surface area contributed by atoms with Gasteiger partial charge in [-0.2, -0.15) is 0 Å². The fourth-order valence-corrected chi connectivity index (χ4v) is 4.69. The minimum Gasteiger partial charge on any atom is -0.497 e. The Labute approximate surface area is 206 Å². The van der Waals surface area contributed by atoms with Gasteiger partial charge in [-0.1, -0.05) is 0 Å².